The van der Waals surface area contributed by atoms with Crippen molar-refractivity contribution in [2.45, 2.75) is 6.92 Å². The van der Waals surface area contributed by atoms with E-state index in [9.17, 15) is 9.59 Å². The molecule has 1 aromatic heterocycles. The summed E-state index contributed by atoms with van der Waals surface area (Å²) in [6.45, 7) is 1.43. The van der Waals surface area contributed by atoms with Crippen LogP contribution in [0.25, 0.3) is 5.69 Å². The first-order valence-corrected chi connectivity index (χ1v) is 8.30. The van der Waals surface area contributed by atoms with Gasteiger partial charge in [-0.1, -0.05) is 29.5 Å². The minimum absolute atomic E-state index is 0.180. The molecule has 0 saturated carbocycles. The third-order valence-electron chi connectivity index (χ3n) is 3.40. The maximum Gasteiger partial charge on any atom is 0.279 e. The maximum absolute atomic E-state index is 12.4. The van der Waals surface area contributed by atoms with Gasteiger partial charge < -0.3 is 4.74 Å². The molecule has 0 saturated heterocycles. The highest BCUT2D eigenvalue weighted by Gasteiger charge is 2.12. The molecule has 0 N–H and O–H groups in total. The fourth-order valence-electron chi connectivity index (χ4n) is 2.12. The number of Topliss-reactive ketones (excluding diaryl/α,β-unsaturated/α-hetero) is 1. The van der Waals surface area contributed by atoms with E-state index >= 15 is 0 Å². The molecule has 3 aromatic rings. The van der Waals surface area contributed by atoms with Crippen LogP contribution < -0.4 is 9.54 Å². The summed E-state index contributed by atoms with van der Waals surface area (Å²) in [5.41, 5.74) is 1.16. The Kier molecular flexibility index (Phi) is 4.85. The molecule has 0 bridgehead atoms. The fraction of sp³-hybridized carbons (Fsp3) is 0.111. The van der Waals surface area contributed by atoms with E-state index in [1.165, 1.54) is 11.6 Å². The van der Waals surface area contributed by atoms with Crippen molar-refractivity contribution in [3.05, 3.63) is 70.0 Å². The standard InChI is InChI=1S/C18H15N3O3S/c1-12(22)17-20-21(14-8-10-15(24-2)11-9-14)18(25-17)19-16(23)13-6-4-3-5-7-13/h3-11H,1-2H3. The molecular weight excluding hydrogens is 338 g/mol. The number of methoxy groups -OCH3 is 1. The second-order valence-corrected chi connectivity index (χ2v) is 6.09. The Morgan fingerprint density at radius 1 is 1.08 bits per heavy atom. The van der Waals surface area contributed by atoms with Crippen LogP contribution in [0.2, 0.25) is 0 Å². The normalized spacial score (nSPS) is 11.4. The number of amides is 1. The van der Waals surface area contributed by atoms with E-state index in [1.807, 2.05) is 6.07 Å². The van der Waals surface area contributed by atoms with Gasteiger partial charge in [0.2, 0.25) is 4.80 Å². The Morgan fingerprint density at radius 2 is 1.76 bits per heavy atom. The predicted molar refractivity (Wildman–Crippen MR) is 94.3 cm³/mol. The van der Waals surface area contributed by atoms with Crippen LogP contribution in [0, 0.1) is 0 Å². The molecule has 0 fully saturated rings. The predicted octanol–water partition coefficient (Wildman–Crippen LogP) is 2.89. The zero-order valence-corrected chi connectivity index (χ0v) is 14.5. The molecule has 0 aliphatic rings. The highest BCUT2D eigenvalue weighted by molar-refractivity contribution is 7.11. The van der Waals surface area contributed by atoms with Gasteiger partial charge in [0.25, 0.3) is 5.91 Å². The van der Waals surface area contributed by atoms with Crippen molar-refractivity contribution in [2.24, 2.45) is 4.99 Å². The van der Waals surface area contributed by atoms with Crippen molar-refractivity contribution in [3.63, 3.8) is 0 Å². The van der Waals surface area contributed by atoms with Crippen LogP contribution in [0.3, 0.4) is 0 Å². The minimum atomic E-state index is -0.387. The minimum Gasteiger partial charge on any atom is -0.497 e. The maximum atomic E-state index is 12.4. The van der Waals surface area contributed by atoms with Crippen LogP contribution in [0.15, 0.2) is 59.6 Å². The van der Waals surface area contributed by atoms with E-state index in [0.29, 0.717) is 21.8 Å². The van der Waals surface area contributed by atoms with Crippen molar-refractivity contribution < 1.29 is 14.3 Å². The highest BCUT2D eigenvalue weighted by atomic mass is 32.1. The van der Waals surface area contributed by atoms with Gasteiger partial charge in [0.1, 0.15) is 5.75 Å². The van der Waals surface area contributed by atoms with Gasteiger partial charge in [0.05, 0.1) is 12.8 Å². The average molecular weight is 353 g/mol. The molecular formula is C18H15N3O3S. The smallest absolute Gasteiger partial charge is 0.279 e. The lowest BCUT2D eigenvalue weighted by atomic mass is 10.2. The first-order valence-electron chi connectivity index (χ1n) is 7.48. The SMILES string of the molecule is COc1ccc(-n2nc(C(C)=O)sc2=NC(=O)c2ccccc2)cc1. The van der Waals surface area contributed by atoms with Gasteiger partial charge in [-0.3, -0.25) is 9.59 Å². The van der Waals surface area contributed by atoms with E-state index < -0.39 is 0 Å². The largest absolute Gasteiger partial charge is 0.497 e. The van der Waals surface area contributed by atoms with E-state index in [2.05, 4.69) is 10.1 Å². The van der Waals surface area contributed by atoms with Crippen molar-refractivity contribution in [1.82, 2.24) is 9.78 Å². The van der Waals surface area contributed by atoms with E-state index in [0.717, 1.165) is 11.3 Å². The summed E-state index contributed by atoms with van der Waals surface area (Å²) in [7, 11) is 1.58. The van der Waals surface area contributed by atoms with Gasteiger partial charge in [-0.15, -0.1) is 0 Å². The number of rotatable bonds is 4. The van der Waals surface area contributed by atoms with E-state index in [4.69, 9.17) is 4.74 Å². The third-order valence-corrected chi connectivity index (χ3v) is 4.41. The molecule has 126 valence electrons. The Labute approximate surface area is 148 Å². The van der Waals surface area contributed by atoms with Crippen molar-refractivity contribution in [2.75, 3.05) is 7.11 Å². The highest BCUT2D eigenvalue weighted by Crippen LogP contribution is 2.14. The number of ketones is 1. The zero-order valence-electron chi connectivity index (χ0n) is 13.7. The summed E-state index contributed by atoms with van der Waals surface area (Å²) in [5.74, 6) is 0.132. The number of carbonyl (C=O) groups excluding carboxylic acids is 2. The Hall–Kier alpha value is -3.06. The number of nitrogens with zero attached hydrogens (tertiary/aromatic N) is 3. The van der Waals surface area contributed by atoms with Crippen molar-refractivity contribution in [1.29, 1.82) is 0 Å². The summed E-state index contributed by atoms with van der Waals surface area (Å²) in [5, 5.41) is 4.57. The van der Waals surface area contributed by atoms with Crippen LogP contribution in [0.4, 0.5) is 0 Å². The Bertz CT molecular complexity index is 973. The number of ether oxygens (including phenoxy) is 1. The monoisotopic (exact) mass is 353 g/mol. The zero-order chi connectivity index (χ0) is 17.8. The number of hydrogen-bond donors (Lipinski definition) is 0. The van der Waals surface area contributed by atoms with Crippen LogP contribution in [0.1, 0.15) is 27.1 Å². The molecule has 3 rings (SSSR count). The summed E-state index contributed by atoms with van der Waals surface area (Å²) >= 11 is 1.08. The lowest BCUT2D eigenvalue weighted by molar-refractivity contribution is 0.0994. The van der Waals surface area contributed by atoms with Gasteiger partial charge >= 0.3 is 0 Å². The average Bonchev–Trinajstić information content (AvgIpc) is 3.06. The number of carbonyl (C=O) groups is 2. The topological polar surface area (TPSA) is 73.6 Å². The summed E-state index contributed by atoms with van der Waals surface area (Å²) in [6, 6.07) is 15.9. The molecule has 1 amide bonds. The molecule has 7 heteroatoms. The fourth-order valence-corrected chi connectivity index (χ4v) is 2.92. The van der Waals surface area contributed by atoms with Crippen LogP contribution in [0.5, 0.6) is 5.75 Å². The number of hydrogen-bond acceptors (Lipinski definition) is 5. The lowest BCUT2D eigenvalue weighted by Crippen LogP contribution is -2.16. The van der Waals surface area contributed by atoms with Crippen LogP contribution >= 0.6 is 11.3 Å². The van der Waals surface area contributed by atoms with Gasteiger partial charge in [0.15, 0.2) is 10.8 Å². The van der Waals surface area contributed by atoms with Gasteiger partial charge in [-0.25, -0.2) is 4.68 Å². The quantitative estimate of drug-likeness (QED) is 0.676. The molecule has 2 aromatic carbocycles. The molecule has 0 spiro atoms. The Balaban J connectivity index is 2.10. The molecule has 1 heterocycles. The lowest BCUT2D eigenvalue weighted by Gasteiger charge is -2.03. The molecule has 0 radical (unpaired) electrons. The molecule has 6 nitrogen and oxygen atoms in total. The van der Waals surface area contributed by atoms with Crippen molar-refractivity contribution in [3.8, 4) is 11.4 Å². The first kappa shape index (κ1) is 16.8. The van der Waals surface area contributed by atoms with Gasteiger partial charge in [0, 0.05) is 12.5 Å². The molecule has 0 atom stereocenters. The molecule has 0 aliphatic carbocycles. The van der Waals surface area contributed by atoms with Crippen LogP contribution in [-0.4, -0.2) is 28.6 Å². The second kappa shape index (κ2) is 7.23. The number of benzene rings is 2. The third kappa shape index (κ3) is 3.72. The first-order chi connectivity index (χ1) is 12.1. The van der Waals surface area contributed by atoms with Crippen molar-refractivity contribution >= 4 is 23.0 Å². The molecule has 25 heavy (non-hydrogen) atoms. The summed E-state index contributed by atoms with van der Waals surface area (Å²) in [6.07, 6.45) is 0. The Morgan fingerprint density at radius 3 is 2.36 bits per heavy atom. The van der Waals surface area contributed by atoms with Gasteiger partial charge in [-0.2, -0.15) is 10.1 Å². The summed E-state index contributed by atoms with van der Waals surface area (Å²) < 4.78 is 6.63. The van der Waals surface area contributed by atoms with Gasteiger partial charge in [-0.05, 0) is 36.4 Å². The van der Waals surface area contributed by atoms with Crippen LogP contribution in [-0.2, 0) is 0 Å². The van der Waals surface area contributed by atoms with E-state index in [-0.39, 0.29) is 16.7 Å². The van der Waals surface area contributed by atoms with E-state index in [1.54, 1.807) is 55.6 Å². The molecule has 0 aliphatic heterocycles. The second-order valence-electron chi connectivity index (χ2n) is 5.14. The number of aromatic nitrogens is 2. The molecule has 0 unspecified atom stereocenters. The summed E-state index contributed by atoms with van der Waals surface area (Å²) in [4.78, 5) is 28.5.